The molecule has 0 bridgehead atoms. The molecule has 1 N–H and O–H groups in total. The molecule has 94 valence electrons. The van der Waals surface area contributed by atoms with Crippen molar-refractivity contribution in [1.29, 1.82) is 0 Å². The Labute approximate surface area is 103 Å². The Morgan fingerprint density at radius 1 is 1.41 bits per heavy atom. The molecule has 0 saturated carbocycles. The largest absolute Gasteiger partial charge is 0.368 e. The summed E-state index contributed by atoms with van der Waals surface area (Å²) in [6, 6.07) is 5.83. The number of halogens is 1. The molecule has 0 aromatic heterocycles. The van der Waals surface area contributed by atoms with E-state index in [1.807, 2.05) is 13.0 Å². The standard InChI is InChI=1S/C14H21FN2/c1-10(2)13-9-17(8-7-16-13)14-6-4-5-12(15)11(14)3/h4-6,10,13,16H,7-9H2,1-3H3. The fourth-order valence-corrected chi connectivity index (χ4v) is 2.38. The Balaban J connectivity index is 2.19. The lowest BCUT2D eigenvalue weighted by molar-refractivity contribution is 0.368. The predicted molar refractivity (Wildman–Crippen MR) is 70.0 cm³/mol. The van der Waals surface area contributed by atoms with E-state index in [-0.39, 0.29) is 5.82 Å². The number of rotatable bonds is 2. The first-order valence-electron chi connectivity index (χ1n) is 6.33. The number of hydrogen-bond donors (Lipinski definition) is 1. The van der Waals surface area contributed by atoms with E-state index in [4.69, 9.17) is 0 Å². The Hall–Kier alpha value is -1.09. The highest BCUT2D eigenvalue weighted by Crippen LogP contribution is 2.24. The second-order valence-electron chi connectivity index (χ2n) is 5.13. The Kier molecular flexibility index (Phi) is 3.67. The lowest BCUT2D eigenvalue weighted by atomic mass is 10.0. The molecule has 1 fully saturated rings. The molecular formula is C14H21FN2. The van der Waals surface area contributed by atoms with Crippen LogP contribution in [0.25, 0.3) is 0 Å². The minimum Gasteiger partial charge on any atom is -0.368 e. The quantitative estimate of drug-likeness (QED) is 0.849. The first-order valence-corrected chi connectivity index (χ1v) is 6.33. The molecular weight excluding hydrogens is 215 g/mol. The molecule has 1 saturated heterocycles. The van der Waals surface area contributed by atoms with E-state index >= 15 is 0 Å². The normalized spacial score (nSPS) is 21.0. The summed E-state index contributed by atoms with van der Waals surface area (Å²) in [4.78, 5) is 2.29. The minimum absolute atomic E-state index is 0.109. The van der Waals surface area contributed by atoms with Gasteiger partial charge >= 0.3 is 0 Å². The SMILES string of the molecule is Cc1c(F)cccc1N1CCNC(C(C)C)C1. The highest BCUT2D eigenvalue weighted by Gasteiger charge is 2.23. The van der Waals surface area contributed by atoms with Gasteiger partial charge in [0.2, 0.25) is 0 Å². The van der Waals surface area contributed by atoms with Crippen LogP contribution in [0.1, 0.15) is 19.4 Å². The second-order valence-corrected chi connectivity index (χ2v) is 5.13. The van der Waals surface area contributed by atoms with E-state index < -0.39 is 0 Å². The van der Waals surface area contributed by atoms with Crippen molar-refractivity contribution in [3.8, 4) is 0 Å². The molecule has 2 rings (SSSR count). The Bertz CT molecular complexity index is 390. The first-order chi connectivity index (χ1) is 8.09. The van der Waals surface area contributed by atoms with Gasteiger partial charge in [-0.25, -0.2) is 4.39 Å². The van der Waals surface area contributed by atoms with E-state index in [0.29, 0.717) is 12.0 Å². The van der Waals surface area contributed by atoms with Crippen LogP contribution < -0.4 is 10.2 Å². The summed E-state index contributed by atoms with van der Waals surface area (Å²) in [5.74, 6) is 0.494. The third-order valence-electron chi connectivity index (χ3n) is 3.59. The number of nitrogens with one attached hydrogen (secondary N) is 1. The molecule has 1 aliphatic heterocycles. The summed E-state index contributed by atoms with van der Waals surface area (Å²) in [6.45, 7) is 9.19. The van der Waals surface area contributed by atoms with Crippen LogP contribution in [0.5, 0.6) is 0 Å². The van der Waals surface area contributed by atoms with Crippen molar-refractivity contribution >= 4 is 5.69 Å². The van der Waals surface area contributed by atoms with E-state index in [0.717, 1.165) is 30.9 Å². The van der Waals surface area contributed by atoms with Gasteiger partial charge < -0.3 is 10.2 Å². The van der Waals surface area contributed by atoms with Crippen molar-refractivity contribution in [1.82, 2.24) is 5.32 Å². The maximum absolute atomic E-state index is 13.5. The van der Waals surface area contributed by atoms with Gasteiger partial charge in [0.05, 0.1) is 0 Å². The molecule has 0 spiro atoms. The van der Waals surface area contributed by atoms with Crippen molar-refractivity contribution in [2.45, 2.75) is 26.8 Å². The number of nitrogens with zero attached hydrogens (tertiary/aromatic N) is 1. The van der Waals surface area contributed by atoms with Gasteiger partial charge in [0.15, 0.2) is 0 Å². The van der Waals surface area contributed by atoms with Crippen molar-refractivity contribution in [2.24, 2.45) is 5.92 Å². The zero-order chi connectivity index (χ0) is 12.4. The van der Waals surface area contributed by atoms with Crippen molar-refractivity contribution in [3.05, 3.63) is 29.6 Å². The fraction of sp³-hybridized carbons (Fsp3) is 0.571. The zero-order valence-corrected chi connectivity index (χ0v) is 10.8. The molecule has 1 aromatic carbocycles. The molecule has 0 aliphatic carbocycles. The average Bonchev–Trinajstić information content (AvgIpc) is 2.33. The van der Waals surface area contributed by atoms with Gasteiger partial charge in [-0.3, -0.25) is 0 Å². The molecule has 3 heteroatoms. The topological polar surface area (TPSA) is 15.3 Å². The lowest BCUT2D eigenvalue weighted by Gasteiger charge is -2.37. The number of hydrogen-bond acceptors (Lipinski definition) is 2. The number of piperazine rings is 1. The van der Waals surface area contributed by atoms with Gasteiger partial charge in [-0.2, -0.15) is 0 Å². The monoisotopic (exact) mass is 236 g/mol. The highest BCUT2D eigenvalue weighted by molar-refractivity contribution is 5.54. The molecule has 1 heterocycles. The van der Waals surface area contributed by atoms with E-state index in [2.05, 4.69) is 24.1 Å². The zero-order valence-electron chi connectivity index (χ0n) is 10.8. The number of anilines is 1. The summed E-state index contributed by atoms with van der Waals surface area (Å²) >= 11 is 0. The highest BCUT2D eigenvalue weighted by atomic mass is 19.1. The lowest BCUT2D eigenvalue weighted by Crippen LogP contribution is -2.53. The van der Waals surface area contributed by atoms with Crippen LogP contribution in [-0.4, -0.2) is 25.7 Å². The van der Waals surface area contributed by atoms with E-state index in [9.17, 15) is 4.39 Å². The first kappa shape index (κ1) is 12.4. The van der Waals surface area contributed by atoms with Gasteiger partial charge in [0.25, 0.3) is 0 Å². The smallest absolute Gasteiger partial charge is 0.128 e. The van der Waals surface area contributed by atoms with Gasteiger partial charge in [0, 0.05) is 36.9 Å². The van der Waals surface area contributed by atoms with Crippen molar-refractivity contribution in [3.63, 3.8) is 0 Å². The van der Waals surface area contributed by atoms with E-state index in [1.54, 1.807) is 6.07 Å². The Morgan fingerprint density at radius 2 is 2.18 bits per heavy atom. The number of benzene rings is 1. The predicted octanol–water partition coefficient (Wildman–Crippen LogP) is 2.57. The summed E-state index contributed by atoms with van der Waals surface area (Å²) < 4.78 is 13.5. The van der Waals surface area contributed by atoms with Gasteiger partial charge in [0.1, 0.15) is 5.82 Å². The molecule has 0 radical (unpaired) electrons. The average molecular weight is 236 g/mol. The minimum atomic E-state index is -0.109. The van der Waals surface area contributed by atoms with Crippen LogP contribution >= 0.6 is 0 Å². The summed E-state index contributed by atoms with van der Waals surface area (Å²) in [6.07, 6.45) is 0. The van der Waals surface area contributed by atoms with Gasteiger partial charge in [-0.1, -0.05) is 19.9 Å². The van der Waals surface area contributed by atoms with Crippen LogP contribution in [-0.2, 0) is 0 Å². The molecule has 1 unspecified atom stereocenters. The van der Waals surface area contributed by atoms with Crippen LogP contribution in [0.2, 0.25) is 0 Å². The molecule has 1 aromatic rings. The molecule has 1 atom stereocenters. The third-order valence-corrected chi connectivity index (χ3v) is 3.59. The Morgan fingerprint density at radius 3 is 2.88 bits per heavy atom. The summed E-state index contributed by atoms with van der Waals surface area (Å²) in [5, 5.41) is 3.52. The maximum Gasteiger partial charge on any atom is 0.128 e. The van der Waals surface area contributed by atoms with Gasteiger partial charge in [-0.15, -0.1) is 0 Å². The molecule has 1 aliphatic rings. The molecule has 2 nitrogen and oxygen atoms in total. The third kappa shape index (κ3) is 2.60. The van der Waals surface area contributed by atoms with Crippen LogP contribution in [0.15, 0.2) is 18.2 Å². The van der Waals surface area contributed by atoms with Crippen molar-refractivity contribution in [2.75, 3.05) is 24.5 Å². The van der Waals surface area contributed by atoms with Crippen LogP contribution in [0, 0.1) is 18.7 Å². The maximum atomic E-state index is 13.5. The molecule has 17 heavy (non-hydrogen) atoms. The van der Waals surface area contributed by atoms with Crippen LogP contribution in [0.3, 0.4) is 0 Å². The summed E-state index contributed by atoms with van der Waals surface area (Å²) in [5.41, 5.74) is 1.80. The second kappa shape index (κ2) is 5.05. The molecule has 0 amide bonds. The van der Waals surface area contributed by atoms with E-state index in [1.165, 1.54) is 6.07 Å². The van der Waals surface area contributed by atoms with Crippen molar-refractivity contribution < 1.29 is 4.39 Å². The summed E-state index contributed by atoms with van der Waals surface area (Å²) in [7, 11) is 0. The van der Waals surface area contributed by atoms with Gasteiger partial charge in [-0.05, 0) is 25.0 Å². The fourth-order valence-electron chi connectivity index (χ4n) is 2.38. The van der Waals surface area contributed by atoms with Crippen LogP contribution in [0.4, 0.5) is 10.1 Å².